The lowest BCUT2D eigenvalue weighted by atomic mass is 10.1. The number of hydrogen-bond donors (Lipinski definition) is 2. The third-order valence-corrected chi connectivity index (χ3v) is 5.65. The van der Waals surface area contributed by atoms with Gasteiger partial charge in [0.1, 0.15) is 0 Å². The average molecular weight is 418 g/mol. The van der Waals surface area contributed by atoms with Crippen molar-refractivity contribution in [3.05, 3.63) is 57.6 Å². The lowest BCUT2D eigenvalue weighted by molar-refractivity contribution is 0.0951. The number of benzene rings is 2. The van der Waals surface area contributed by atoms with Crippen LogP contribution in [-0.2, 0) is 6.54 Å². The SMILES string of the molecule is CN1CCN(c2n[nH]c3cc(C(=O)NCc4ccc(Cl)cc4Cl)ccc23)CC1. The van der Waals surface area contributed by atoms with Crippen LogP contribution >= 0.6 is 23.2 Å². The number of rotatable bonds is 4. The Morgan fingerprint density at radius 3 is 2.68 bits per heavy atom. The van der Waals surface area contributed by atoms with Gasteiger partial charge in [-0.1, -0.05) is 29.3 Å². The van der Waals surface area contributed by atoms with Gasteiger partial charge in [0, 0.05) is 53.7 Å². The highest BCUT2D eigenvalue weighted by Gasteiger charge is 2.19. The van der Waals surface area contributed by atoms with Crippen LogP contribution in [-0.4, -0.2) is 54.2 Å². The fourth-order valence-electron chi connectivity index (χ4n) is 3.35. The summed E-state index contributed by atoms with van der Waals surface area (Å²) < 4.78 is 0. The van der Waals surface area contributed by atoms with E-state index in [2.05, 4.69) is 32.4 Å². The first-order valence-electron chi connectivity index (χ1n) is 9.15. The van der Waals surface area contributed by atoms with Gasteiger partial charge in [-0.3, -0.25) is 9.89 Å². The summed E-state index contributed by atoms with van der Waals surface area (Å²) >= 11 is 12.1. The lowest BCUT2D eigenvalue weighted by Gasteiger charge is -2.32. The highest BCUT2D eigenvalue weighted by Crippen LogP contribution is 2.26. The number of aromatic amines is 1. The maximum Gasteiger partial charge on any atom is 0.251 e. The van der Waals surface area contributed by atoms with Crippen molar-refractivity contribution < 1.29 is 4.79 Å². The van der Waals surface area contributed by atoms with Gasteiger partial charge >= 0.3 is 0 Å². The fourth-order valence-corrected chi connectivity index (χ4v) is 3.82. The molecule has 1 aliphatic heterocycles. The van der Waals surface area contributed by atoms with Gasteiger partial charge in [-0.15, -0.1) is 0 Å². The molecule has 2 N–H and O–H groups in total. The first-order valence-corrected chi connectivity index (χ1v) is 9.90. The number of fused-ring (bicyclic) bond motifs is 1. The molecule has 0 radical (unpaired) electrons. The molecule has 146 valence electrons. The van der Waals surface area contributed by atoms with Gasteiger partial charge in [0.15, 0.2) is 5.82 Å². The third-order valence-electron chi connectivity index (χ3n) is 5.06. The van der Waals surface area contributed by atoms with Crippen LogP contribution in [0, 0.1) is 0 Å². The van der Waals surface area contributed by atoms with E-state index in [1.807, 2.05) is 24.3 Å². The van der Waals surface area contributed by atoms with Gasteiger partial charge in [-0.25, -0.2) is 0 Å². The van der Waals surface area contributed by atoms with Crippen molar-refractivity contribution in [2.24, 2.45) is 0 Å². The smallest absolute Gasteiger partial charge is 0.251 e. The van der Waals surface area contributed by atoms with Crippen LogP contribution in [0.1, 0.15) is 15.9 Å². The number of nitrogens with zero attached hydrogens (tertiary/aromatic N) is 3. The molecule has 4 rings (SSSR count). The predicted octanol–water partition coefficient (Wildman–Crippen LogP) is 3.55. The maximum atomic E-state index is 12.6. The molecule has 0 unspecified atom stereocenters. The van der Waals surface area contributed by atoms with Gasteiger partial charge in [0.05, 0.1) is 5.52 Å². The van der Waals surface area contributed by atoms with E-state index in [0.717, 1.165) is 48.5 Å². The van der Waals surface area contributed by atoms with Gasteiger partial charge in [0.25, 0.3) is 5.91 Å². The van der Waals surface area contributed by atoms with Crippen molar-refractivity contribution in [1.29, 1.82) is 0 Å². The lowest BCUT2D eigenvalue weighted by Crippen LogP contribution is -2.44. The summed E-state index contributed by atoms with van der Waals surface area (Å²) in [7, 11) is 2.13. The molecule has 0 atom stereocenters. The molecule has 0 saturated carbocycles. The second-order valence-electron chi connectivity index (χ2n) is 7.02. The molecule has 2 aromatic carbocycles. The Kier molecular flexibility index (Phi) is 5.44. The number of nitrogens with one attached hydrogen (secondary N) is 2. The van der Waals surface area contributed by atoms with Crippen LogP contribution in [0.15, 0.2) is 36.4 Å². The van der Waals surface area contributed by atoms with Crippen LogP contribution in [0.4, 0.5) is 5.82 Å². The Morgan fingerprint density at radius 2 is 1.93 bits per heavy atom. The Balaban J connectivity index is 1.47. The molecule has 1 aromatic heterocycles. The highest BCUT2D eigenvalue weighted by atomic mass is 35.5. The summed E-state index contributed by atoms with van der Waals surface area (Å²) in [6, 6.07) is 10.9. The summed E-state index contributed by atoms with van der Waals surface area (Å²) in [6.07, 6.45) is 0. The van der Waals surface area contributed by atoms with E-state index in [1.165, 1.54) is 0 Å². The van der Waals surface area contributed by atoms with Gasteiger partial charge in [0.2, 0.25) is 0 Å². The number of halogens is 2. The number of carbonyl (C=O) groups excluding carboxylic acids is 1. The summed E-state index contributed by atoms with van der Waals surface area (Å²) in [5, 5.41) is 12.6. The average Bonchev–Trinajstić information content (AvgIpc) is 3.11. The number of aromatic nitrogens is 2. The van der Waals surface area contributed by atoms with Crippen LogP contribution in [0.5, 0.6) is 0 Å². The molecule has 0 bridgehead atoms. The molecule has 3 aromatic rings. The minimum Gasteiger partial charge on any atom is -0.352 e. The molecular formula is C20H21Cl2N5O. The molecule has 1 saturated heterocycles. The van der Waals surface area contributed by atoms with Crippen molar-refractivity contribution in [3.8, 4) is 0 Å². The standard InChI is InChI=1S/C20H21Cl2N5O/c1-26-6-8-27(9-7-26)19-16-5-3-13(10-18(16)24-25-19)20(28)23-12-14-2-4-15(21)11-17(14)22/h2-5,10-11H,6-9,12H2,1H3,(H,23,28)(H,24,25). The number of carbonyl (C=O) groups is 1. The van der Waals surface area contributed by atoms with Gasteiger partial charge in [-0.2, -0.15) is 5.10 Å². The summed E-state index contributed by atoms with van der Waals surface area (Å²) in [6.45, 7) is 4.26. The van der Waals surface area contributed by atoms with Crippen molar-refractivity contribution in [2.75, 3.05) is 38.1 Å². The Labute approximate surface area is 173 Å². The second kappa shape index (κ2) is 7.99. The van der Waals surface area contributed by atoms with Crippen LogP contribution in [0.2, 0.25) is 10.0 Å². The molecule has 0 aliphatic carbocycles. The first kappa shape index (κ1) is 19.1. The zero-order valence-electron chi connectivity index (χ0n) is 15.5. The van der Waals surface area contributed by atoms with Gasteiger partial charge in [-0.05, 0) is 42.9 Å². The molecule has 1 amide bonds. The number of hydrogen-bond acceptors (Lipinski definition) is 4. The monoisotopic (exact) mass is 417 g/mol. The highest BCUT2D eigenvalue weighted by molar-refractivity contribution is 6.35. The zero-order valence-corrected chi connectivity index (χ0v) is 17.0. The van der Waals surface area contributed by atoms with E-state index in [-0.39, 0.29) is 5.91 Å². The van der Waals surface area contributed by atoms with Crippen molar-refractivity contribution in [2.45, 2.75) is 6.54 Å². The largest absolute Gasteiger partial charge is 0.352 e. The first-order chi connectivity index (χ1) is 13.5. The van der Waals surface area contributed by atoms with E-state index in [1.54, 1.807) is 12.1 Å². The van der Waals surface area contributed by atoms with Crippen molar-refractivity contribution >= 4 is 45.8 Å². The third kappa shape index (κ3) is 3.94. The van der Waals surface area contributed by atoms with E-state index in [9.17, 15) is 4.79 Å². The molecule has 28 heavy (non-hydrogen) atoms. The fraction of sp³-hybridized carbons (Fsp3) is 0.300. The Morgan fingerprint density at radius 1 is 1.14 bits per heavy atom. The van der Waals surface area contributed by atoms with Crippen LogP contribution in [0.25, 0.3) is 10.9 Å². The molecule has 0 spiro atoms. The maximum absolute atomic E-state index is 12.6. The minimum absolute atomic E-state index is 0.163. The zero-order chi connectivity index (χ0) is 19.7. The van der Waals surface area contributed by atoms with E-state index < -0.39 is 0 Å². The number of amides is 1. The molecule has 1 aliphatic rings. The minimum atomic E-state index is -0.163. The predicted molar refractivity (Wildman–Crippen MR) is 113 cm³/mol. The Hall–Kier alpha value is -2.28. The van der Waals surface area contributed by atoms with Crippen molar-refractivity contribution in [1.82, 2.24) is 20.4 Å². The second-order valence-corrected chi connectivity index (χ2v) is 7.86. The molecule has 8 heteroatoms. The molecule has 1 fully saturated rings. The molecular weight excluding hydrogens is 397 g/mol. The van der Waals surface area contributed by atoms with E-state index >= 15 is 0 Å². The number of anilines is 1. The Bertz CT molecular complexity index is 1010. The number of likely N-dealkylation sites (N-methyl/N-ethyl adjacent to an activating group) is 1. The number of piperazine rings is 1. The quantitative estimate of drug-likeness (QED) is 0.680. The summed E-state index contributed by atoms with van der Waals surface area (Å²) in [5.74, 6) is 0.784. The topological polar surface area (TPSA) is 64.3 Å². The van der Waals surface area contributed by atoms with Crippen LogP contribution in [0.3, 0.4) is 0 Å². The van der Waals surface area contributed by atoms with E-state index in [4.69, 9.17) is 23.2 Å². The van der Waals surface area contributed by atoms with E-state index in [0.29, 0.717) is 22.2 Å². The molecule has 2 heterocycles. The molecule has 6 nitrogen and oxygen atoms in total. The normalized spacial score (nSPS) is 15.2. The van der Waals surface area contributed by atoms with Crippen molar-refractivity contribution in [3.63, 3.8) is 0 Å². The summed E-state index contributed by atoms with van der Waals surface area (Å²) in [5.41, 5.74) is 2.25. The van der Waals surface area contributed by atoms with Crippen LogP contribution < -0.4 is 10.2 Å². The number of H-pyrrole nitrogens is 1. The van der Waals surface area contributed by atoms with Gasteiger partial charge < -0.3 is 15.1 Å². The summed E-state index contributed by atoms with van der Waals surface area (Å²) in [4.78, 5) is 17.1.